The molecule has 1 aromatic carbocycles. The summed E-state index contributed by atoms with van der Waals surface area (Å²) < 4.78 is 4.86. The van der Waals surface area contributed by atoms with Crippen LogP contribution in [0.15, 0.2) is 18.2 Å². The van der Waals surface area contributed by atoms with E-state index < -0.39 is 0 Å². The molecule has 76 valence electrons. The van der Waals surface area contributed by atoms with Crippen molar-refractivity contribution < 1.29 is 9.53 Å². The fourth-order valence-corrected chi connectivity index (χ4v) is 1.28. The fourth-order valence-electron chi connectivity index (χ4n) is 1.28. The molecule has 3 heteroatoms. The van der Waals surface area contributed by atoms with Gasteiger partial charge in [-0.25, -0.2) is 0 Å². The van der Waals surface area contributed by atoms with Crippen LogP contribution in [-0.4, -0.2) is 12.6 Å². The standard InChI is InChI=1S/C11H15NO2/c1-3-14-11(13)7-9-4-5-10(12)6-8(9)2/h4-6H,3,7,12H2,1-2H3. The summed E-state index contributed by atoms with van der Waals surface area (Å²) in [5.41, 5.74) is 8.31. The molecule has 0 aliphatic rings. The molecular formula is C11H15NO2. The number of carbonyl (C=O) groups excluding carboxylic acids is 1. The first-order valence-corrected chi connectivity index (χ1v) is 4.64. The summed E-state index contributed by atoms with van der Waals surface area (Å²) in [6, 6.07) is 5.51. The number of esters is 1. The summed E-state index contributed by atoms with van der Waals surface area (Å²) in [7, 11) is 0. The Morgan fingerprint density at radius 1 is 1.50 bits per heavy atom. The number of nitrogens with two attached hydrogens (primary N) is 1. The Bertz CT molecular complexity index is 334. The molecule has 2 N–H and O–H groups in total. The third kappa shape index (κ3) is 2.76. The van der Waals surface area contributed by atoms with E-state index in [9.17, 15) is 4.79 Å². The normalized spacial score (nSPS) is 9.86. The number of benzene rings is 1. The highest BCUT2D eigenvalue weighted by atomic mass is 16.5. The van der Waals surface area contributed by atoms with Gasteiger partial charge in [0.1, 0.15) is 0 Å². The SMILES string of the molecule is CCOC(=O)Cc1ccc(N)cc1C. The van der Waals surface area contributed by atoms with Crippen LogP contribution < -0.4 is 5.73 Å². The van der Waals surface area contributed by atoms with Crippen LogP contribution in [0.25, 0.3) is 0 Å². The maximum absolute atomic E-state index is 11.2. The molecule has 0 spiro atoms. The Morgan fingerprint density at radius 2 is 2.21 bits per heavy atom. The Kier molecular flexibility index (Phi) is 3.51. The molecule has 0 unspecified atom stereocenters. The third-order valence-corrected chi connectivity index (χ3v) is 2.01. The van der Waals surface area contributed by atoms with Gasteiger partial charge in [0, 0.05) is 5.69 Å². The summed E-state index contributed by atoms with van der Waals surface area (Å²) in [5, 5.41) is 0. The molecule has 0 aromatic heterocycles. The number of rotatable bonds is 3. The van der Waals surface area contributed by atoms with Gasteiger partial charge in [0.15, 0.2) is 0 Å². The van der Waals surface area contributed by atoms with Crippen LogP contribution >= 0.6 is 0 Å². The second kappa shape index (κ2) is 4.65. The van der Waals surface area contributed by atoms with Gasteiger partial charge in [0.25, 0.3) is 0 Å². The van der Waals surface area contributed by atoms with Crippen molar-refractivity contribution in [1.29, 1.82) is 0 Å². The quantitative estimate of drug-likeness (QED) is 0.587. The van der Waals surface area contributed by atoms with Crippen LogP contribution in [0, 0.1) is 6.92 Å². The van der Waals surface area contributed by atoms with Crippen molar-refractivity contribution in [3.63, 3.8) is 0 Å². The molecule has 0 aliphatic carbocycles. The minimum Gasteiger partial charge on any atom is -0.466 e. The number of carbonyl (C=O) groups is 1. The summed E-state index contributed by atoms with van der Waals surface area (Å²) >= 11 is 0. The number of aryl methyl sites for hydroxylation is 1. The monoisotopic (exact) mass is 193 g/mol. The van der Waals surface area contributed by atoms with Crippen molar-refractivity contribution in [3.05, 3.63) is 29.3 Å². The summed E-state index contributed by atoms with van der Waals surface area (Å²) in [6.07, 6.45) is 0.319. The van der Waals surface area contributed by atoms with E-state index in [0.717, 1.165) is 16.8 Å². The summed E-state index contributed by atoms with van der Waals surface area (Å²) in [4.78, 5) is 11.2. The van der Waals surface area contributed by atoms with Gasteiger partial charge in [-0.1, -0.05) is 6.07 Å². The molecule has 0 amide bonds. The van der Waals surface area contributed by atoms with Crippen molar-refractivity contribution in [1.82, 2.24) is 0 Å². The lowest BCUT2D eigenvalue weighted by Gasteiger charge is -2.06. The van der Waals surface area contributed by atoms with Crippen molar-refractivity contribution in [2.75, 3.05) is 12.3 Å². The van der Waals surface area contributed by atoms with E-state index in [2.05, 4.69) is 0 Å². The van der Waals surface area contributed by atoms with Gasteiger partial charge in [-0.2, -0.15) is 0 Å². The van der Waals surface area contributed by atoms with Crippen LogP contribution in [-0.2, 0) is 16.0 Å². The van der Waals surface area contributed by atoms with Crippen molar-refractivity contribution in [3.8, 4) is 0 Å². The van der Waals surface area contributed by atoms with Gasteiger partial charge >= 0.3 is 5.97 Å². The van der Waals surface area contributed by atoms with Gasteiger partial charge in [-0.3, -0.25) is 4.79 Å². The smallest absolute Gasteiger partial charge is 0.310 e. The van der Waals surface area contributed by atoms with Crippen LogP contribution in [0.3, 0.4) is 0 Å². The Labute approximate surface area is 83.9 Å². The van der Waals surface area contributed by atoms with E-state index in [1.165, 1.54) is 0 Å². The zero-order chi connectivity index (χ0) is 10.6. The number of hydrogen-bond donors (Lipinski definition) is 1. The maximum Gasteiger partial charge on any atom is 0.310 e. The predicted molar refractivity (Wildman–Crippen MR) is 55.9 cm³/mol. The minimum atomic E-state index is -0.194. The Balaban J connectivity index is 2.72. The molecule has 14 heavy (non-hydrogen) atoms. The van der Waals surface area contributed by atoms with E-state index in [-0.39, 0.29) is 5.97 Å². The molecule has 0 bridgehead atoms. The van der Waals surface area contributed by atoms with E-state index in [4.69, 9.17) is 10.5 Å². The molecule has 0 heterocycles. The second-order valence-electron chi connectivity index (χ2n) is 3.17. The average molecular weight is 193 g/mol. The zero-order valence-electron chi connectivity index (χ0n) is 8.54. The van der Waals surface area contributed by atoms with Crippen LogP contribution in [0.1, 0.15) is 18.1 Å². The number of hydrogen-bond acceptors (Lipinski definition) is 3. The maximum atomic E-state index is 11.2. The number of anilines is 1. The van der Waals surface area contributed by atoms with E-state index in [0.29, 0.717) is 13.0 Å². The zero-order valence-corrected chi connectivity index (χ0v) is 8.54. The Morgan fingerprint density at radius 3 is 2.79 bits per heavy atom. The molecular weight excluding hydrogens is 178 g/mol. The van der Waals surface area contributed by atoms with Crippen LogP contribution in [0.4, 0.5) is 5.69 Å². The first-order chi connectivity index (χ1) is 6.63. The predicted octanol–water partition coefficient (Wildman–Crippen LogP) is 1.68. The van der Waals surface area contributed by atoms with Crippen molar-refractivity contribution >= 4 is 11.7 Å². The molecule has 0 aliphatic heterocycles. The van der Waals surface area contributed by atoms with Crippen molar-refractivity contribution in [2.45, 2.75) is 20.3 Å². The second-order valence-corrected chi connectivity index (χ2v) is 3.17. The lowest BCUT2D eigenvalue weighted by atomic mass is 10.1. The molecule has 0 radical (unpaired) electrons. The van der Waals surface area contributed by atoms with Gasteiger partial charge in [0.05, 0.1) is 13.0 Å². The van der Waals surface area contributed by atoms with Crippen molar-refractivity contribution in [2.24, 2.45) is 0 Å². The first kappa shape index (κ1) is 10.6. The molecule has 1 aromatic rings. The molecule has 0 fully saturated rings. The van der Waals surface area contributed by atoms with E-state index in [1.54, 1.807) is 13.0 Å². The van der Waals surface area contributed by atoms with Gasteiger partial charge in [-0.05, 0) is 37.1 Å². The fraction of sp³-hybridized carbons (Fsp3) is 0.364. The van der Waals surface area contributed by atoms with E-state index >= 15 is 0 Å². The molecule has 0 atom stereocenters. The summed E-state index contributed by atoms with van der Waals surface area (Å²) in [5.74, 6) is -0.194. The minimum absolute atomic E-state index is 0.194. The largest absolute Gasteiger partial charge is 0.466 e. The van der Waals surface area contributed by atoms with Crippen LogP contribution in [0.2, 0.25) is 0 Å². The molecule has 3 nitrogen and oxygen atoms in total. The Hall–Kier alpha value is -1.51. The highest BCUT2D eigenvalue weighted by Gasteiger charge is 2.06. The highest BCUT2D eigenvalue weighted by Crippen LogP contribution is 2.13. The summed E-state index contributed by atoms with van der Waals surface area (Å²) in [6.45, 7) is 4.16. The number of ether oxygens (including phenoxy) is 1. The molecule has 0 saturated carbocycles. The van der Waals surface area contributed by atoms with Gasteiger partial charge < -0.3 is 10.5 Å². The van der Waals surface area contributed by atoms with Crippen LogP contribution in [0.5, 0.6) is 0 Å². The lowest BCUT2D eigenvalue weighted by molar-refractivity contribution is -0.142. The molecule has 0 saturated heterocycles. The average Bonchev–Trinajstić information content (AvgIpc) is 2.10. The van der Waals surface area contributed by atoms with Gasteiger partial charge in [0.2, 0.25) is 0 Å². The third-order valence-electron chi connectivity index (χ3n) is 2.01. The van der Waals surface area contributed by atoms with Gasteiger partial charge in [-0.15, -0.1) is 0 Å². The molecule has 1 rings (SSSR count). The van der Waals surface area contributed by atoms with E-state index in [1.807, 2.05) is 19.1 Å². The topological polar surface area (TPSA) is 52.3 Å². The lowest BCUT2D eigenvalue weighted by Crippen LogP contribution is -2.08. The number of nitrogen functional groups attached to an aromatic ring is 1. The first-order valence-electron chi connectivity index (χ1n) is 4.64. The highest BCUT2D eigenvalue weighted by molar-refractivity contribution is 5.73.